The van der Waals surface area contributed by atoms with E-state index in [4.69, 9.17) is 5.73 Å². The van der Waals surface area contributed by atoms with Crippen LogP contribution in [0.3, 0.4) is 0 Å². The molecule has 0 aromatic carbocycles. The summed E-state index contributed by atoms with van der Waals surface area (Å²) in [5, 5.41) is 0. The van der Waals surface area contributed by atoms with E-state index < -0.39 is 47.6 Å². The van der Waals surface area contributed by atoms with Crippen molar-refractivity contribution >= 4 is 5.97 Å². The fraction of sp³-hybridized carbons (Fsp3) is 0.400. The number of carbonyl (C=O) groups is 1. The minimum absolute atomic E-state index is 0.141. The molecule has 1 rings (SSSR count). The summed E-state index contributed by atoms with van der Waals surface area (Å²) in [6, 6.07) is 0. The average Bonchev–Trinajstić information content (AvgIpc) is 2.33. The van der Waals surface area contributed by atoms with Gasteiger partial charge >= 0.3 is 18.5 Å². The highest BCUT2D eigenvalue weighted by atomic mass is 19.4. The van der Waals surface area contributed by atoms with Crippen LogP contribution in [0.25, 0.3) is 0 Å². The van der Waals surface area contributed by atoms with Gasteiger partial charge < -0.3 is 15.2 Å². The van der Waals surface area contributed by atoms with Crippen LogP contribution in [-0.4, -0.2) is 24.4 Å². The minimum Gasteiger partial charge on any atom is -0.465 e. The number of hydrogen-bond donors (Lipinski definition) is 1. The molecule has 0 radical (unpaired) electrons. The molecule has 0 saturated heterocycles. The predicted octanol–water partition coefficient (Wildman–Crippen LogP) is 2.24. The van der Waals surface area contributed by atoms with E-state index in [9.17, 15) is 31.1 Å². The highest BCUT2D eigenvalue weighted by Gasteiger charge is 2.40. The molecule has 1 aromatic rings. The molecule has 0 bridgehead atoms. The SMILES string of the molecule is COC(=O)c1c(OC(F)(F)F)cnc(C(F)(F)F)c1CN. The van der Waals surface area contributed by atoms with Crippen LogP contribution in [0.1, 0.15) is 21.6 Å². The number of pyridine rings is 1. The number of nitrogens with two attached hydrogens (primary N) is 1. The van der Waals surface area contributed by atoms with Gasteiger partial charge in [0.2, 0.25) is 0 Å². The van der Waals surface area contributed by atoms with Crippen molar-refractivity contribution in [2.45, 2.75) is 19.1 Å². The monoisotopic (exact) mass is 318 g/mol. The predicted molar refractivity (Wildman–Crippen MR) is 55.2 cm³/mol. The van der Waals surface area contributed by atoms with Crippen LogP contribution in [-0.2, 0) is 17.5 Å². The third-order valence-corrected chi connectivity index (χ3v) is 2.23. The number of esters is 1. The van der Waals surface area contributed by atoms with E-state index in [-0.39, 0.29) is 6.20 Å². The summed E-state index contributed by atoms with van der Waals surface area (Å²) in [4.78, 5) is 14.3. The second kappa shape index (κ2) is 5.76. The summed E-state index contributed by atoms with van der Waals surface area (Å²) in [7, 11) is 0.785. The molecule has 21 heavy (non-hydrogen) atoms. The average molecular weight is 318 g/mol. The second-order valence-corrected chi connectivity index (χ2v) is 3.57. The Morgan fingerprint density at radius 2 is 1.86 bits per heavy atom. The molecular weight excluding hydrogens is 310 g/mol. The first kappa shape index (κ1) is 17.0. The van der Waals surface area contributed by atoms with Crippen molar-refractivity contribution in [3.8, 4) is 5.75 Å². The van der Waals surface area contributed by atoms with E-state index in [0.717, 1.165) is 7.11 Å². The van der Waals surface area contributed by atoms with Crippen molar-refractivity contribution in [3.63, 3.8) is 0 Å². The van der Waals surface area contributed by atoms with Crippen LogP contribution < -0.4 is 10.5 Å². The summed E-state index contributed by atoms with van der Waals surface area (Å²) < 4.78 is 82.4. The Bertz CT molecular complexity index is 541. The number of methoxy groups -OCH3 is 1. The third kappa shape index (κ3) is 3.97. The van der Waals surface area contributed by atoms with Gasteiger partial charge in [0.1, 0.15) is 11.3 Å². The smallest absolute Gasteiger partial charge is 0.465 e. The maximum Gasteiger partial charge on any atom is 0.573 e. The van der Waals surface area contributed by atoms with Gasteiger partial charge in [-0.25, -0.2) is 9.78 Å². The Labute approximate surface area is 113 Å². The molecule has 0 fully saturated rings. The van der Waals surface area contributed by atoms with Crippen molar-refractivity contribution in [1.29, 1.82) is 0 Å². The Kier molecular flexibility index (Phi) is 4.66. The van der Waals surface area contributed by atoms with E-state index in [2.05, 4.69) is 14.5 Å². The van der Waals surface area contributed by atoms with Gasteiger partial charge in [0.15, 0.2) is 5.75 Å². The van der Waals surface area contributed by atoms with Crippen molar-refractivity contribution in [1.82, 2.24) is 4.98 Å². The van der Waals surface area contributed by atoms with Gasteiger partial charge in [-0.1, -0.05) is 0 Å². The molecule has 2 N–H and O–H groups in total. The van der Waals surface area contributed by atoms with Crippen LogP contribution in [0.5, 0.6) is 5.75 Å². The van der Waals surface area contributed by atoms with E-state index in [1.807, 2.05) is 0 Å². The van der Waals surface area contributed by atoms with Crippen LogP contribution in [0.4, 0.5) is 26.3 Å². The molecule has 0 amide bonds. The zero-order chi connectivity index (χ0) is 16.4. The molecule has 1 aromatic heterocycles. The number of halogens is 6. The van der Waals surface area contributed by atoms with Crippen molar-refractivity contribution in [2.75, 3.05) is 7.11 Å². The number of rotatable bonds is 3. The summed E-state index contributed by atoms with van der Waals surface area (Å²) >= 11 is 0. The molecule has 118 valence electrons. The highest BCUT2D eigenvalue weighted by molar-refractivity contribution is 5.94. The van der Waals surface area contributed by atoms with Crippen molar-refractivity contribution < 1.29 is 40.6 Å². The number of hydrogen-bond acceptors (Lipinski definition) is 5. The largest absolute Gasteiger partial charge is 0.573 e. The van der Waals surface area contributed by atoms with E-state index in [1.54, 1.807) is 0 Å². The van der Waals surface area contributed by atoms with Crippen molar-refractivity contribution in [3.05, 3.63) is 23.0 Å². The van der Waals surface area contributed by atoms with Gasteiger partial charge in [-0.2, -0.15) is 13.2 Å². The summed E-state index contributed by atoms with van der Waals surface area (Å²) in [6.45, 7) is -0.888. The highest BCUT2D eigenvalue weighted by Crippen LogP contribution is 2.36. The van der Waals surface area contributed by atoms with Crippen LogP contribution in [0.15, 0.2) is 6.20 Å². The Morgan fingerprint density at radius 1 is 1.29 bits per heavy atom. The summed E-state index contributed by atoms with van der Waals surface area (Å²) in [5.41, 5.74) is 1.49. The van der Waals surface area contributed by atoms with Gasteiger partial charge in [-0.05, 0) is 0 Å². The summed E-state index contributed by atoms with van der Waals surface area (Å²) in [5.74, 6) is -2.68. The molecule has 5 nitrogen and oxygen atoms in total. The molecule has 1 heterocycles. The molecule has 0 unspecified atom stereocenters. The van der Waals surface area contributed by atoms with Gasteiger partial charge in [0.05, 0.1) is 13.3 Å². The number of carbonyl (C=O) groups excluding carboxylic acids is 1. The lowest BCUT2D eigenvalue weighted by Gasteiger charge is -2.17. The molecule has 11 heteroatoms. The first-order valence-electron chi connectivity index (χ1n) is 5.14. The number of nitrogens with zero attached hydrogens (tertiary/aromatic N) is 1. The molecule has 0 saturated carbocycles. The first-order chi connectivity index (χ1) is 9.51. The molecular formula is C10H8F6N2O3. The van der Waals surface area contributed by atoms with E-state index in [1.165, 1.54) is 0 Å². The van der Waals surface area contributed by atoms with Crippen molar-refractivity contribution in [2.24, 2.45) is 5.73 Å². The Balaban J connectivity index is 3.58. The van der Waals surface area contributed by atoms with E-state index >= 15 is 0 Å². The number of ether oxygens (including phenoxy) is 2. The molecule has 0 aliphatic heterocycles. The number of aromatic nitrogens is 1. The van der Waals surface area contributed by atoms with Gasteiger partial charge in [-0.3, -0.25) is 0 Å². The zero-order valence-electron chi connectivity index (χ0n) is 10.3. The lowest BCUT2D eigenvalue weighted by molar-refractivity contribution is -0.274. The molecule has 0 spiro atoms. The fourth-order valence-corrected chi connectivity index (χ4v) is 1.50. The van der Waals surface area contributed by atoms with Crippen LogP contribution in [0.2, 0.25) is 0 Å². The van der Waals surface area contributed by atoms with Gasteiger partial charge in [0.25, 0.3) is 0 Å². The van der Waals surface area contributed by atoms with Crippen LogP contribution >= 0.6 is 0 Å². The summed E-state index contributed by atoms with van der Waals surface area (Å²) in [6.07, 6.45) is -10.1. The quantitative estimate of drug-likeness (QED) is 0.683. The zero-order valence-corrected chi connectivity index (χ0v) is 10.3. The van der Waals surface area contributed by atoms with Gasteiger partial charge in [0, 0.05) is 12.1 Å². The lowest BCUT2D eigenvalue weighted by Crippen LogP contribution is -2.24. The minimum atomic E-state index is -5.23. The van der Waals surface area contributed by atoms with E-state index in [0.29, 0.717) is 0 Å². The molecule has 0 aliphatic rings. The number of alkyl halides is 6. The standard InChI is InChI=1S/C10H8F6N2O3/c1-20-8(19)6-4(2-17)7(9(11,12)13)18-3-5(6)21-10(14,15)16/h3H,2,17H2,1H3. The Morgan fingerprint density at radius 3 is 2.24 bits per heavy atom. The third-order valence-electron chi connectivity index (χ3n) is 2.23. The Hall–Kier alpha value is -2.04. The maximum atomic E-state index is 12.7. The normalized spacial score (nSPS) is 12.2. The lowest BCUT2D eigenvalue weighted by atomic mass is 10.0. The molecule has 0 aliphatic carbocycles. The van der Waals surface area contributed by atoms with Gasteiger partial charge in [-0.15, -0.1) is 13.2 Å². The van der Waals surface area contributed by atoms with Crippen LogP contribution in [0, 0.1) is 0 Å². The second-order valence-electron chi connectivity index (χ2n) is 3.57. The topological polar surface area (TPSA) is 74.4 Å². The molecule has 0 atom stereocenters. The first-order valence-corrected chi connectivity index (χ1v) is 5.14. The fourth-order valence-electron chi connectivity index (χ4n) is 1.50. The maximum absolute atomic E-state index is 12.7.